The van der Waals surface area contributed by atoms with Gasteiger partial charge in [0.2, 0.25) is 0 Å². The Bertz CT molecular complexity index is 331. The fourth-order valence-electron chi connectivity index (χ4n) is 1.54. The normalized spacial score (nSPS) is 12.8. The SMILES string of the molecule is COCCNC(CO)c1cc(C)ccc1F. The molecule has 16 heavy (non-hydrogen) atoms. The Kier molecular flexibility index (Phi) is 5.38. The van der Waals surface area contributed by atoms with E-state index in [0.29, 0.717) is 18.7 Å². The molecule has 0 aliphatic carbocycles. The molecule has 0 saturated carbocycles. The van der Waals surface area contributed by atoms with Gasteiger partial charge in [0, 0.05) is 19.2 Å². The lowest BCUT2D eigenvalue weighted by Gasteiger charge is -2.17. The molecule has 1 aromatic rings. The zero-order valence-electron chi connectivity index (χ0n) is 9.66. The number of aliphatic hydroxyl groups is 1. The fraction of sp³-hybridized carbons (Fsp3) is 0.500. The molecule has 1 unspecified atom stereocenters. The molecule has 0 aliphatic heterocycles. The zero-order chi connectivity index (χ0) is 12.0. The Morgan fingerprint density at radius 2 is 2.25 bits per heavy atom. The molecule has 2 N–H and O–H groups in total. The van der Waals surface area contributed by atoms with Gasteiger partial charge in [0.05, 0.1) is 19.3 Å². The monoisotopic (exact) mass is 227 g/mol. The van der Waals surface area contributed by atoms with Crippen molar-refractivity contribution < 1.29 is 14.2 Å². The highest BCUT2D eigenvalue weighted by Gasteiger charge is 2.14. The largest absolute Gasteiger partial charge is 0.394 e. The maximum absolute atomic E-state index is 13.5. The lowest BCUT2D eigenvalue weighted by Crippen LogP contribution is -2.28. The summed E-state index contributed by atoms with van der Waals surface area (Å²) in [6.45, 7) is 2.87. The fourth-order valence-corrected chi connectivity index (χ4v) is 1.54. The molecule has 0 heterocycles. The summed E-state index contributed by atoms with van der Waals surface area (Å²) in [5.41, 5.74) is 1.47. The number of hydrogen-bond acceptors (Lipinski definition) is 3. The number of rotatable bonds is 6. The van der Waals surface area contributed by atoms with Crippen LogP contribution < -0.4 is 5.32 Å². The second-order valence-corrected chi connectivity index (χ2v) is 3.71. The van der Waals surface area contributed by atoms with Gasteiger partial charge < -0.3 is 15.2 Å². The van der Waals surface area contributed by atoms with E-state index in [0.717, 1.165) is 5.56 Å². The predicted molar refractivity (Wildman–Crippen MR) is 60.8 cm³/mol. The number of hydrogen-bond donors (Lipinski definition) is 2. The van der Waals surface area contributed by atoms with Crippen LogP contribution in [0, 0.1) is 12.7 Å². The molecule has 90 valence electrons. The van der Waals surface area contributed by atoms with Crippen molar-refractivity contribution in [2.75, 3.05) is 26.9 Å². The molecular weight excluding hydrogens is 209 g/mol. The van der Waals surface area contributed by atoms with E-state index in [1.165, 1.54) is 6.07 Å². The third-order valence-corrected chi connectivity index (χ3v) is 2.41. The number of methoxy groups -OCH3 is 1. The molecule has 0 amide bonds. The first kappa shape index (κ1) is 13.1. The van der Waals surface area contributed by atoms with Crippen LogP contribution in [0.2, 0.25) is 0 Å². The van der Waals surface area contributed by atoms with Gasteiger partial charge >= 0.3 is 0 Å². The van der Waals surface area contributed by atoms with E-state index in [-0.39, 0.29) is 18.5 Å². The zero-order valence-corrected chi connectivity index (χ0v) is 9.66. The molecule has 0 fully saturated rings. The van der Waals surface area contributed by atoms with E-state index in [9.17, 15) is 9.50 Å². The first-order chi connectivity index (χ1) is 7.69. The summed E-state index contributed by atoms with van der Waals surface area (Å²) in [4.78, 5) is 0. The average Bonchev–Trinajstić information content (AvgIpc) is 2.28. The molecular formula is C12H18FNO2. The number of benzene rings is 1. The average molecular weight is 227 g/mol. The molecule has 3 nitrogen and oxygen atoms in total. The van der Waals surface area contributed by atoms with Crippen LogP contribution in [0.4, 0.5) is 4.39 Å². The Morgan fingerprint density at radius 1 is 1.50 bits per heavy atom. The summed E-state index contributed by atoms with van der Waals surface area (Å²) in [6, 6.07) is 4.50. The Labute approximate surface area is 95.2 Å². The molecule has 0 aliphatic rings. The molecule has 0 radical (unpaired) electrons. The van der Waals surface area contributed by atoms with Gasteiger partial charge in [0.15, 0.2) is 0 Å². The summed E-state index contributed by atoms with van der Waals surface area (Å²) >= 11 is 0. The van der Waals surface area contributed by atoms with Gasteiger partial charge in [0.25, 0.3) is 0 Å². The summed E-state index contributed by atoms with van der Waals surface area (Å²) in [5.74, 6) is -0.297. The Hall–Kier alpha value is -0.970. The molecule has 1 atom stereocenters. The number of ether oxygens (including phenoxy) is 1. The number of halogens is 1. The van der Waals surface area contributed by atoms with Crippen molar-refractivity contribution in [2.24, 2.45) is 0 Å². The van der Waals surface area contributed by atoms with E-state index < -0.39 is 0 Å². The van der Waals surface area contributed by atoms with Crippen LogP contribution in [-0.2, 0) is 4.74 Å². The third kappa shape index (κ3) is 3.56. The molecule has 1 rings (SSSR count). The highest BCUT2D eigenvalue weighted by molar-refractivity contribution is 5.26. The first-order valence-corrected chi connectivity index (χ1v) is 5.28. The topological polar surface area (TPSA) is 41.5 Å². The van der Waals surface area contributed by atoms with Crippen LogP contribution in [-0.4, -0.2) is 32.0 Å². The van der Waals surface area contributed by atoms with Crippen molar-refractivity contribution in [2.45, 2.75) is 13.0 Å². The lowest BCUT2D eigenvalue weighted by atomic mass is 10.0. The van der Waals surface area contributed by atoms with Gasteiger partial charge in [-0.1, -0.05) is 17.7 Å². The van der Waals surface area contributed by atoms with Gasteiger partial charge in [-0.05, 0) is 13.0 Å². The van der Waals surface area contributed by atoms with Crippen molar-refractivity contribution >= 4 is 0 Å². The minimum Gasteiger partial charge on any atom is -0.394 e. The van der Waals surface area contributed by atoms with Gasteiger partial charge in [0.1, 0.15) is 5.82 Å². The van der Waals surface area contributed by atoms with E-state index in [4.69, 9.17) is 4.74 Å². The molecule has 0 saturated heterocycles. The van der Waals surface area contributed by atoms with Crippen molar-refractivity contribution in [3.05, 3.63) is 35.1 Å². The lowest BCUT2D eigenvalue weighted by molar-refractivity contribution is 0.183. The minimum absolute atomic E-state index is 0.135. The van der Waals surface area contributed by atoms with Crippen LogP contribution in [0.3, 0.4) is 0 Å². The molecule has 0 aromatic heterocycles. The van der Waals surface area contributed by atoms with Crippen LogP contribution in [0.25, 0.3) is 0 Å². The van der Waals surface area contributed by atoms with E-state index in [1.54, 1.807) is 19.2 Å². The van der Waals surface area contributed by atoms with Gasteiger partial charge in [-0.15, -0.1) is 0 Å². The van der Waals surface area contributed by atoms with Crippen LogP contribution in [0.5, 0.6) is 0 Å². The maximum Gasteiger partial charge on any atom is 0.128 e. The Balaban J connectivity index is 2.73. The molecule has 0 bridgehead atoms. The second-order valence-electron chi connectivity index (χ2n) is 3.71. The van der Waals surface area contributed by atoms with Crippen LogP contribution >= 0.6 is 0 Å². The molecule has 1 aromatic carbocycles. The number of aliphatic hydroxyl groups excluding tert-OH is 1. The summed E-state index contributed by atoms with van der Waals surface area (Å²) in [7, 11) is 1.60. The Morgan fingerprint density at radius 3 is 2.88 bits per heavy atom. The first-order valence-electron chi connectivity index (χ1n) is 5.28. The van der Waals surface area contributed by atoms with Crippen molar-refractivity contribution in [3.8, 4) is 0 Å². The minimum atomic E-state index is -0.380. The highest BCUT2D eigenvalue weighted by Crippen LogP contribution is 2.18. The quantitative estimate of drug-likeness (QED) is 0.722. The highest BCUT2D eigenvalue weighted by atomic mass is 19.1. The smallest absolute Gasteiger partial charge is 0.128 e. The molecule has 0 spiro atoms. The predicted octanol–water partition coefficient (Wildman–Crippen LogP) is 1.40. The number of aryl methyl sites for hydroxylation is 1. The number of nitrogens with one attached hydrogen (secondary N) is 1. The van der Waals surface area contributed by atoms with Gasteiger partial charge in [-0.3, -0.25) is 0 Å². The van der Waals surface area contributed by atoms with Gasteiger partial charge in [-0.2, -0.15) is 0 Å². The van der Waals surface area contributed by atoms with E-state index >= 15 is 0 Å². The summed E-state index contributed by atoms with van der Waals surface area (Å²) < 4.78 is 18.4. The van der Waals surface area contributed by atoms with Crippen LogP contribution in [0.1, 0.15) is 17.2 Å². The summed E-state index contributed by atoms with van der Waals surface area (Å²) in [5, 5.41) is 12.3. The van der Waals surface area contributed by atoms with E-state index in [2.05, 4.69) is 5.32 Å². The van der Waals surface area contributed by atoms with Gasteiger partial charge in [-0.25, -0.2) is 4.39 Å². The van der Waals surface area contributed by atoms with Crippen molar-refractivity contribution in [1.29, 1.82) is 0 Å². The standard InChI is InChI=1S/C12H18FNO2/c1-9-3-4-11(13)10(7-9)12(8-15)14-5-6-16-2/h3-4,7,12,14-15H,5-6,8H2,1-2H3. The van der Waals surface area contributed by atoms with Crippen LogP contribution in [0.15, 0.2) is 18.2 Å². The maximum atomic E-state index is 13.5. The second kappa shape index (κ2) is 6.58. The third-order valence-electron chi connectivity index (χ3n) is 2.41. The molecule has 4 heteroatoms. The van der Waals surface area contributed by atoms with Crippen molar-refractivity contribution in [3.63, 3.8) is 0 Å². The van der Waals surface area contributed by atoms with Crippen molar-refractivity contribution in [1.82, 2.24) is 5.32 Å². The summed E-state index contributed by atoms with van der Waals surface area (Å²) in [6.07, 6.45) is 0. The van der Waals surface area contributed by atoms with E-state index in [1.807, 2.05) is 6.92 Å².